The third-order valence-corrected chi connectivity index (χ3v) is 23.3. The second-order valence-electron chi connectivity index (χ2n) is 29.0. The second kappa shape index (κ2) is 17.4. The molecule has 2 atom stereocenters. The highest BCUT2D eigenvalue weighted by molar-refractivity contribution is 7.25. The van der Waals surface area contributed by atoms with Crippen LogP contribution >= 0.6 is 11.3 Å². The van der Waals surface area contributed by atoms with E-state index in [1.165, 1.54) is 157 Å². The molecule has 1 aromatic heterocycles. The lowest BCUT2D eigenvalue weighted by Gasteiger charge is -2.51. The van der Waals surface area contributed by atoms with Crippen molar-refractivity contribution >= 4 is 100 Å². The van der Waals surface area contributed by atoms with E-state index in [9.17, 15) is 0 Å². The summed E-state index contributed by atoms with van der Waals surface area (Å²) in [7, 11) is 0. The van der Waals surface area contributed by atoms with E-state index in [0.717, 1.165) is 25.7 Å². The van der Waals surface area contributed by atoms with Crippen LogP contribution in [0.5, 0.6) is 0 Å². The normalized spacial score (nSPS) is 21.7. The molecule has 2 unspecified atom stereocenters. The predicted molar refractivity (Wildman–Crippen MR) is 358 cm³/mol. The molecule has 3 aliphatic carbocycles. The Kier molecular flexibility index (Phi) is 10.7. The minimum atomic E-state index is -0.190. The van der Waals surface area contributed by atoms with Gasteiger partial charge in [-0.3, -0.25) is 0 Å². The lowest BCUT2D eigenvalue weighted by Crippen LogP contribution is -2.62. The van der Waals surface area contributed by atoms with Crippen molar-refractivity contribution in [1.29, 1.82) is 0 Å². The van der Waals surface area contributed by atoms with E-state index in [2.05, 4.69) is 267 Å². The van der Waals surface area contributed by atoms with Crippen molar-refractivity contribution < 1.29 is 0 Å². The summed E-state index contributed by atoms with van der Waals surface area (Å²) in [6.07, 6.45) is 8.14. The minimum Gasteiger partial charge on any atom is -0.334 e. The lowest BCUT2D eigenvalue weighted by molar-refractivity contribution is 0.195. The smallest absolute Gasteiger partial charge is 0.252 e. The van der Waals surface area contributed by atoms with Crippen LogP contribution in [0.2, 0.25) is 0 Å². The maximum Gasteiger partial charge on any atom is 0.252 e. The highest BCUT2D eigenvalue weighted by Crippen LogP contribution is 2.63. The molecule has 4 heterocycles. The van der Waals surface area contributed by atoms with Crippen molar-refractivity contribution in [2.45, 2.75) is 154 Å². The topological polar surface area (TPSA) is 9.72 Å². The van der Waals surface area contributed by atoms with E-state index in [1.807, 2.05) is 11.3 Å². The number of anilines is 8. The monoisotopic (exact) mass is 1100 g/mol. The van der Waals surface area contributed by atoms with Crippen molar-refractivity contribution in [2.24, 2.45) is 0 Å². The zero-order chi connectivity index (χ0) is 56.9. The molecule has 10 aromatic rings. The summed E-state index contributed by atoms with van der Waals surface area (Å²) in [6.45, 7) is 27.5. The van der Waals surface area contributed by atoms with Gasteiger partial charge >= 0.3 is 0 Å². The Morgan fingerprint density at radius 2 is 0.952 bits per heavy atom. The van der Waals surface area contributed by atoms with Gasteiger partial charge in [0.2, 0.25) is 0 Å². The summed E-state index contributed by atoms with van der Waals surface area (Å²) in [5.74, 6) is 0. The molecule has 1 fully saturated rings. The molecule has 0 radical (unpaired) electrons. The minimum absolute atomic E-state index is 0.00200. The van der Waals surface area contributed by atoms with Gasteiger partial charge in [-0.1, -0.05) is 184 Å². The van der Waals surface area contributed by atoms with Gasteiger partial charge in [0.05, 0.1) is 5.54 Å². The third-order valence-electron chi connectivity index (χ3n) is 22.1. The summed E-state index contributed by atoms with van der Waals surface area (Å²) < 4.78 is 2.66. The van der Waals surface area contributed by atoms with Crippen LogP contribution < -0.4 is 31.1 Å². The number of rotatable bonds is 5. The first-order valence-corrected chi connectivity index (χ1v) is 31.8. The average molecular weight is 1100 g/mol. The first-order valence-electron chi connectivity index (χ1n) is 31.0. The molecule has 83 heavy (non-hydrogen) atoms. The Balaban J connectivity index is 1.05. The van der Waals surface area contributed by atoms with E-state index in [4.69, 9.17) is 0 Å². The van der Waals surface area contributed by atoms with Gasteiger partial charge in [-0.15, -0.1) is 11.3 Å². The highest BCUT2D eigenvalue weighted by atomic mass is 32.1. The van der Waals surface area contributed by atoms with Gasteiger partial charge in [0.15, 0.2) is 0 Å². The van der Waals surface area contributed by atoms with E-state index >= 15 is 0 Å². The molecule has 412 valence electrons. The van der Waals surface area contributed by atoms with Crippen molar-refractivity contribution in [2.75, 3.05) is 14.7 Å². The molecule has 3 aliphatic heterocycles. The SMILES string of the molecule is Cc1cc2c(cc1N1c3ccc(-c4ccccc4)cc3B3c4cc5c(cc4N(c4ccc6sc7ccccc7c6c4)c4cc(N6c7ccc(-c8ccccc8)cc7C7(C)CCCCC67C)cc1c43)C(C)(C)CC5(C)C)C(C)(C)CCC2(C)C. The molecule has 16 rings (SSSR count). The summed E-state index contributed by atoms with van der Waals surface area (Å²) >= 11 is 1.91. The molecule has 0 amide bonds. The third kappa shape index (κ3) is 7.22. The number of hydrogen-bond acceptors (Lipinski definition) is 4. The van der Waals surface area contributed by atoms with Crippen LogP contribution in [-0.4, -0.2) is 12.3 Å². The largest absolute Gasteiger partial charge is 0.334 e. The van der Waals surface area contributed by atoms with Gasteiger partial charge in [0.1, 0.15) is 0 Å². The Labute approximate surface area is 497 Å². The Morgan fingerprint density at radius 1 is 0.386 bits per heavy atom. The van der Waals surface area contributed by atoms with Crippen molar-refractivity contribution in [3.63, 3.8) is 0 Å². The number of hydrogen-bond donors (Lipinski definition) is 0. The summed E-state index contributed by atoms with van der Waals surface area (Å²) in [6, 6.07) is 69.6. The fourth-order valence-corrected chi connectivity index (χ4v) is 18.8. The summed E-state index contributed by atoms with van der Waals surface area (Å²) in [4.78, 5) is 8.36. The molecule has 3 nitrogen and oxygen atoms in total. The molecule has 1 saturated carbocycles. The molecular weight excluding hydrogens is 1020 g/mol. The number of thiophene rings is 1. The molecule has 6 aliphatic rings. The van der Waals surface area contributed by atoms with Crippen LogP contribution in [0.15, 0.2) is 176 Å². The maximum atomic E-state index is 2.86. The zero-order valence-corrected chi connectivity index (χ0v) is 51.3. The zero-order valence-electron chi connectivity index (χ0n) is 50.5. The fourth-order valence-electron chi connectivity index (χ4n) is 17.7. The molecule has 5 heteroatoms. The molecule has 0 saturated heterocycles. The van der Waals surface area contributed by atoms with Gasteiger partial charge in [0, 0.05) is 71.1 Å². The van der Waals surface area contributed by atoms with E-state index in [1.54, 1.807) is 0 Å². The van der Waals surface area contributed by atoms with Crippen LogP contribution in [0.3, 0.4) is 0 Å². The van der Waals surface area contributed by atoms with E-state index < -0.39 is 0 Å². The van der Waals surface area contributed by atoms with Crippen LogP contribution in [-0.2, 0) is 27.1 Å². The number of benzene rings is 9. The first kappa shape index (κ1) is 51.3. The fraction of sp³-hybridized carbons (Fsp3) is 0.308. The molecule has 0 N–H and O–H groups in total. The van der Waals surface area contributed by atoms with Gasteiger partial charge in [-0.25, -0.2) is 0 Å². The second-order valence-corrected chi connectivity index (χ2v) is 30.1. The Bertz CT molecular complexity index is 4390. The number of nitrogens with zero attached hydrogens (tertiary/aromatic N) is 3. The van der Waals surface area contributed by atoms with Crippen LogP contribution in [0, 0.1) is 6.92 Å². The lowest BCUT2D eigenvalue weighted by atomic mass is 9.33. The maximum absolute atomic E-state index is 2.86. The van der Waals surface area contributed by atoms with Crippen LogP contribution in [0.25, 0.3) is 42.4 Å². The molecule has 0 bridgehead atoms. The summed E-state index contributed by atoms with van der Waals surface area (Å²) in [5.41, 5.74) is 28.1. The molecular formula is C78H76BN3S. The van der Waals surface area contributed by atoms with Crippen LogP contribution in [0.4, 0.5) is 45.5 Å². The number of fused-ring (bicyclic) bond motifs is 12. The van der Waals surface area contributed by atoms with E-state index in [0.29, 0.717) is 0 Å². The van der Waals surface area contributed by atoms with Crippen molar-refractivity contribution in [3.8, 4) is 22.3 Å². The standard InChI is InChI=1S/C78H76BN3S/c1-48-38-57-59(74(4,5)37-36-73(57,2)3)45-66(48)81-65-32-29-52(50-24-16-13-17-25-50)40-62(65)79-63-44-58-60(76(8,9)47-75(58,6)7)46-67(63)80(53-30-33-71-56(41-53)55-26-18-19-27-70(55)83-71)68-42-54(43-69(81)72(68)79)82-64-31-28-51(49-22-14-12-15-23-49)39-61(64)77(10)34-20-21-35-78(77,82)11/h12-19,22-33,38-46H,20-21,34-37,47H2,1-11H3. The quantitative estimate of drug-likeness (QED) is 0.159. The summed E-state index contributed by atoms with van der Waals surface area (Å²) in [5, 5.41) is 2.65. The molecule has 9 aromatic carbocycles. The van der Waals surface area contributed by atoms with Crippen molar-refractivity contribution in [1.82, 2.24) is 0 Å². The number of aryl methyl sites for hydroxylation is 1. The van der Waals surface area contributed by atoms with Crippen LogP contribution in [0.1, 0.15) is 148 Å². The average Bonchev–Trinajstić information content (AvgIpc) is 1.77. The van der Waals surface area contributed by atoms with Gasteiger partial charge < -0.3 is 14.7 Å². The molecule has 0 spiro atoms. The Morgan fingerprint density at radius 3 is 1.66 bits per heavy atom. The van der Waals surface area contributed by atoms with Gasteiger partial charge in [0.25, 0.3) is 6.71 Å². The van der Waals surface area contributed by atoms with E-state index in [-0.39, 0.29) is 39.3 Å². The highest BCUT2D eigenvalue weighted by Gasteiger charge is 2.58. The predicted octanol–water partition coefficient (Wildman–Crippen LogP) is 19.8. The van der Waals surface area contributed by atoms with Crippen molar-refractivity contribution in [3.05, 3.63) is 209 Å². The van der Waals surface area contributed by atoms with Gasteiger partial charge in [-0.05, 0) is 206 Å². The first-order chi connectivity index (χ1) is 39.7. The van der Waals surface area contributed by atoms with Gasteiger partial charge in [-0.2, -0.15) is 0 Å². The Hall–Kier alpha value is -7.34.